The van der Waals surface area contributed by atoms with Gasteiger partial charge in [0, 0.05) is 11.3 Å². The van der Waals surface area contributed by atoms with E-state index in [1.165, 1.54) is 0 Å². The maximum atomic E-state index is 10.6. The molecule has 0 aromatic carbocycles. The van der Waals surface area contributed by atoms with Gasteiger partial charge in [-0.2, -0.15) is 0 Å². The summed E-state index contributed by atoms with van der Waals surface area (Å²) in [5, 5.41) is 21.1. The van der Waals surface area contributed by atoms with Crippen LogP contribution in [0.25, 0.3) is 0 Å². The third-order valence-corrected chi connectivity index (χ3v) is 5.26. The average molecular weight is 238 g/mol. The van der Waals surface area contributed by atoms with Gasteiger partial charge in [0.2, 0.25) is 0 Å². The summed E-state index contributed by atoms with van der Waals surface area (Å²) in [5.74, 6) is 0.712. The van der Waals surface area contributed by atoms with Gasteiger partial charge < -0.3 is 10.2 Å². The highest BCUT2D eigenvalue weighted by Crippen LogP contribution is 2.54. The molecule has 0 radical (unpaired) electrons. The van der Waals surface area contributed by atoms with Crippen molar-refractivity contribution in [3.63, 3.8) is 0 Å². The zero-order valence-corrected chi connectivity index (χ0v) is 11.3. The standard InChI is InChI=1S/C15H26O2/c1-9(2)11-8-12(16)15(4)7-5-6-10(3)13(15)14(11)17/h9,11-14,16-17H,3,5-8H2,1-2,4H3/t11-,12-,13+,14-,15+/m0/s1. The third kappa shape index (κ3) is 1.96. The molecule has 98 valence electrons. The zero-order chi connectivity index (χ0) is 12.8. The first-order chi connectivity index (χ1) is 7.88. The van der Waals surface area contributed by atoms with E-state index in [0.717, 1.165) is 31.3 Å². The molecule has 2 aliphatic carbocycles. The highest BCUT2D eigenvalue weighted by molar-refractivity contribution is 5.17. The lowest BCUT2D eigenvalue weighted by molar-refractivity contribution is -0.137. The number of hydrogen-bond acceptors (Lipinski definition) is 2. The summed E-state index contributed by atoms with van der Waals surface area (Å²) in [7, 11) is 0. The van der Waals surface area contributed by atoms with Gasteiger partial charge in [0.25, 0.3) is 0 Å². The minimum absolute atomic E-state index is 0.0902. The van der Waals surface area contributed by atoms with Crippen molar-refractivity contribution < 1.29 is 10.2 Å². The second-order valence-electron chi connectivity index (χ2n) is 6.65. The van der Waals surface area contributed by atoms with Crippen molar-refractivity contribution in [2.24, 2.45) is 23.2 Å². The van der Waals surface area contributed by atoms with E-state index in [4.69, 9.17) is 0 Å². The molecule has 2 rings (SSSR count). The average Bonchev–Trinajstić information content (AvgIpc) is 2.23. The van der Waals surface area contributed by atoms with Crippen molar-refractivity contribution in [2.45, 2.75) is 58.7 Å². The summed E-state index contributed by atoms with van der Waals surface area (Å²) >= 11 is 0. The quantitative estimate of drug-likeness (QED) is 0.690. The molecule has 0 heterocycles. The highest BCUT2D eigenvalue weighted by Gasteiger charge is 2.53. The van der Waals surface area contributed by atoms with Crippen LogP contribution in [0, 0.1) is 23.2 Å². The lowest BCUT2D eigenvalue weighted by Crippen LogP contribution is -2.56. The van der Waals surface area contributed by atoms with Crippen LogP contribution in [0.4, 0.5) is 0 Å². The molecule has 0 saturated heterocycles. The summed E-state index contributed by atoms with van der Waals surface area (Å²) < 4.78 is 0. The van der Waals surface area contributed by atoms with E-state index in [1.807, 2.05) is 0 Å². The van der Waals surface area contributed by atoms with E-state index in [2.05, 4.69) is 27.4 Å². The number of aliphatic hydroxyl groups is 2. The Kier molecular flexibility index (Phi) is 3.39. The minimum atomic E-state index is -0.323. The maximum Gasteiger partial charge on any atom is 0.0643 e. The van der Waals surface area contributed by atoms with Crippen molar-refractivity contribution in [2.75, 3.05) is 0 Å². The molecule has 5 atom stereocenters. The summed E-state index contributed by atoms with van der Waals surface area (Å²) in [4.78, 5) is 0. The zero-order valence-electron chi connectivity index (χ0n) is 11.3. The molecular weight excluding hydrogens is 212 g/mol. The SMILES string of the molecule is C=C1CCC[C@@]2(C)[C@H]1[C@@H](O)[C@H](C(C)C)C[C@@H]2O. The number of rotatable bonds is 1. The normalized spacial score (nSPS) is 47.1. The molecule has 0 aromatic heterocycles. The van der Waals surface area contributed by atoms with Crippen molar-refractivity contribution in [1.29, 1.82) is 0 Å². The Morgan fingerprint density at radius 2 is 2.00 bits per heavy atom. The molecule has 0 aromatic rings. The topological polar surface area (TPSA) is 40.5 Å². The Morgan fingerprint density at radius 3 is 2.59 bits per heavy atom. The van der Waals surface area contributed by atoms with Gasteiger partial charge in [-0.3, -0.25) is 0 Å². The Morgan fingerprint density at radius 1 is 1.35 bits per heavy atom. The van der Waals surface area contributed by atoms with Crippen LogP contribution in [-0.2, 0) is 0 Å². The van der Waals surface area contributed by atoms with Gasteiger partial charge >= 0.3 is 0 Å². The van der Waals surface area contributed by atoms with Crippen LogP contribution < -0.4 is 0 Å². The van der Waals surface area contributed by atoms with E-state index in [-0.39, 0.29) is 29.5 Å². The van der Waals surface area contributed by atoms with E-state index in [9.17, 15) is 10.2 Å². The van der Waals surface area contributed by atoms with Crippen LogP contribution >= 0.6 is 0 Å². The maximum absolute atomic E-state index is 10.6. The minimum Gasteiger partial charge on any atom is -0.393 e. The molecule has 2 aliphatic rings. The smallest absolute Gasteiger partial charge is 0.0643 e. The first kappa shape index (κ1) is 13.1. The van der Waals surface area contributed by atoms with Crippen LogP contribution in [0.3, 0.4) is 0 Å². The highest BCUT2D eigenvalue weighted by atomic mass is 16.3. The number of hydrogen-bond donors (Lipinski definition) is 2. The molecular formula is C15H26O2. The fraction of sp³-hybridized carbons (Fsp3) is 0.867. The molecule has 0 spiro atoms. The summed E-state index contributed by atoms with van der Waals surface area (Å²) in [6, 6.07) is 0. The Labute approximate surface area is 105 Å². The van der Waals surface area contributed by atoms with Crippen LogP contribution in [-0.4, -0.2) is 22.4 Å². The molecule has 17 heavy (non-hydrogen) atoms. The first-order valence-corrected chi connectivity index (χ1v) is 6.91. The largest absolute Gasteiger partial charge is 0.393 e. The van der Waals surface area contributed by atoms with E-state index >= 15 is 0 Å². The first-order valence-electron chi connectivity index (χ1n) is 6.91. The van der Waals surface area contributed by atoms with Gasteiger partial charge in [-0.15, -0.1) is 0 Å². The number of aliphatic hydroxyl groups excluding tert-OH is 2. The van der Waals surface area contributed by atoms with Crippen molar-refractivity contribution in [3.8, 4) is 0 Å². The Balaban J connectivity index is 2.32. The number of fused-ring (bicyclic) bond motifs is 1. The van der Waals surface area contributed by atoms with Crippen molar-refractivity contribution in [1.82, 2.24) is 0 Å². The molecule has 2 nitrogen and oxygen atoms in total. The van der Waals surface area contributed by atoms with Gasteiger partial charge in [-0.1, -0.05) is 32.9 Å². The van der Waals surface area contributed by atoms with E-state index in [1.54, 1.807) is 0 Å². The van der Waals surface area contributed by atoms with Crippen molar-refractivity contribution in [3.05, 3.63) is 12.2 Å². The second kappa shape index (κ2) is 4.40. The van der Waals surface area contributed by atoms with Gasteiger partial charge in [0.05, 0.1) is 12.2 Å². The lowest BCUT2D eigenvalue weighted by Gasteiger charge is -2.54. The van der Waals surface area contributed by atoms with Crippen LogP contribution in [0.15, 0.2) is 12.2 Å². The molecule has 0 amide bonds. The monoisotopic (exact) mass is 238 g/mol. The van der Waals surface area contributed by atoms with E-state index in [0.29, 0.717) is 5.92 Å². The van der Waals surface area contributed by atoms with Crippen LogP contribution in [0.5, 0.6) is 0 Å². The Bertz CT molecular complexity index is 310. The van der Waals surface area contributed by atoms with Gasteiger partial charge in [-0.25, -0.2) is 0 Å². The summed E-state index contributed by atoms with van der Waals surface area (Å²) in [6.45, 7) is 10.6. The molecule has 2 saturated carbocycles. The van der Waals surface area contributed by atoms with Gasteiger partial charge in [0.1, 0.15) is 0 Å². The van der Waals surface area contributed by atoms with Gasteiger partial charge in [0.15, 0.2) is 0 Å². The van der Waals surface area contributed by atoms with Crippen LogP contribution in [0.2, 0.25) is 0 Å². The molecule has 2 heteroatoms. The molecule has 2 fully saturated rings. The third-order valence-electron chi connectivity index (χ3n) is 5.26. The van der Waals surface area contributed by atoms with Crippen molar-refractivity contribution >= 4 is 0 Å². The summed E-state index contributed by atoms with van der Waals surface area (Å²) in [6.07, 6.45) is 3.24. The Hall–Kier alpha value is -0.340. The predicted octanol–water partition coefficient (Wildman–Crippen LogP) is 2.75. The van der Waals surface area contributed by atoms with E-state index < -0.39 is 0 Å². The van der Waals surface area contributed by atoms with Gasteiger partial charge in [-0.05, 0) is 37.5 Å². The lowest BCUT2D eigenvalue weighted by atomic mass is 9.53. The predicted molar refractivity (Wildman–Crippen MR) is 69.5 cm³/mol. The second-order valence-corrected chi connectivity index (χ2v) is 6.65. The molecule has 0 bridgehead atoms. The van der Waals surface area contributed by atoms with Crippen LogP contribution in [0.1, 0.15) is 46.5 Å². The molecule has 2 N–H and O–H groups in total. The summed E-state index contributed by atoms with van der Waals surface area (Å²) in [5.41, 5.74) is 0.996. The molecule has 0 unspecified atom stereocenters. The molecule has 0 aliphatic heterocycles. The fourth-order valence-corrected chi connectivity index (χ4v) is 4.06. The fourth-order valence-electron chi connectivity index (χ4n) is 4.06.